The Morgan fingerprint density at radius 3 is 2.59 bits per heavy atom. The first-order chi connectivity index (χ1) is 10.1. The molecule has 0 atom stereocenters. The Morgan fingerprint density at radius 1 is 1.32 bits per heavy atom. The number of guanidine groups is 1. The van der Waals surface area contributed by atoms with Gasteiger partial charge >= 0.3 is 0 Å². The lowest BCUT2D eigenvalue weighted by Crippen LogP contribution is -2.37. The van der Waals surface area contributed by atoms with E-state index in [0.717, 1.165) is 44.3 Å². The van der Waals surface area contributed by atoms with Gasteiger partial charge < -0.3 is 19.9 Å². The van der Waals surface area contributed by atoms with Crippen molar-refractivity contribution >= 4 is 53.1 Å². The molecule has 8 heteroatoms. The number of halogens is 3. The lowest BCUT2D eigenvalue weighted by atomic mass is 10.3. The van der Waals surface area contributed by atoms with Gasteiger partial charge in [-0.1, -0.05) is 23.2 Å². The molecule has 0 bridgehead atoms. The smallest absolute Gasteiger partial charge is 0.191 e. The third kappa shape index (κ3) is 7.39. The lowest BCUT2D eigenvalue weighted by molar-refractivity contribution is 0.143. The monoisotopic (exact) mass is 462 g/mol. The average molecular weight is 463 g/mol. The number of hydrogen-bond acceptors (Lipinski definition) is 2. The number of ether oxygens (including phenoxy) is 1. The van der Waals surface area contributed by atoms with Crippen molar-refractivity contribution in [2.75, 3.05) is 26.8 Å². The van der Waals surface area contributed by atoms with Crippen LogP contribution < -0.4 is 10.6 Å². The normalized spacial score (nSPS) is 11.2. The van der Waals surface area contributed by atoms with Gasteiger partial charge in [0.2, 0.25) is 0 Å². The zero-order valence-corrected chi connectivity index (χ0v) is 17.1. The topological polar surface area (TPSA) is 50.6 Å². The van der Waals surface area contributed by atoms with Crippen molar-refractivity contribution in [2.45, 2.75) is 26.3 Å². The molecule has 22 heavy (non-hydrogen) atoms. The summed E-state index contributed by atoms with van der Waals surface area (Å²) in [6, 6.07) is 1.85. The van der Waals surface area contributed by atoms with Gasteiger partial charge in [-0.3, -0.25) is 4.99 Å². The highest BCUT2D eigenvalue weighted by atomic mass is 127. The maximum Gasteiger partial charge on any atom is 0.191 e. The van der Waals surface area contributed by atoms with Crippen LogP contribution in [0.5, 0.6) is 0 Å². The minimum atomic E-state index is 0. The molecular formula is C14H25Cl2IN4O. The van der Waals surface area contributed by atoms with Crippen LogP contribution in [0.2, 0.25) is 10.2 Å². The third-order valence-electron chi connectivity index (χ3n) is 3.09. The molecule has 0 aromatic carbocycles. The van der Waals surface area contributed by atoms with Crippen LogP contribution in [0.15, 0.2) is 11.1 Å². The van der Waals surface area contributed by atoms with Gasteiger partial charge in [-0.05, 0) is 25.8 Å². The van der Waals surface area contributed by atoms with E-state index in [4.69, 9.17) is 27.9 Å². The molecule has 0 amide bonds. The molecule has 0 spiro atoms. The average Bonchev–Trinajstić information content (AvgIpc) is 2.73. The summed E-state index contributed by atoms with van der Waals surface area (Å²) in [5, 5.41) is 7.62. The Kier molecular flexibility index (Phi) is 12.2. The predicted octanol–water partition coefficient (Wildman–Crippen LogP) is 3.43. The van der Waals surface area contributed by atoms with Crippen LogP contribution >= 0.6 is 47.2 Å². The molecule has 1 aromatic rings. The molecule has 0 fully saturated rings. The van der Waals surface area contributed by atoms with E-state index in [9.17, 15) is 0 Å². The molecule has 0 aliphatic carbocycles. The largest absolute Gasteiger partial charge is 0.382 e. The van der Waals surface area contributed by atoms with Crippen LogP contribution in [0, 0.1) is 0 Å². The van der Waals surface area contributed by atoms with Crippen molar-refractivity contribution < 1.29 is 4.74 Å². The van der Waals surface area contributed by atoms with Gasteiger partial charge in [-0.15, -0.1) is 24.0 Å². The van der Waals surface area contributed by atoms with Gasteiger partial charge in [-0.2, -0.15) is 0 Å². The molecular weight excluding hydrogens is 438 g/mol. The standard InChI is InChI=1S/C14H24Cl2N4O.HI/c1-4-21-8-6-5-7-18-14(17-2)19-10-11-9-12(15)13(16)20(11)3;/h9H,4-8,10H2,1-3H3,(H2,17,18,19);1H. The number of nitrogens with zero attached hydrogens (tertiary/aromatic N) is 2. The van der Waals surface area contributed by atoms with Crippen LogP contribution in [-0.2, 0) is 18.3 Å². The van der Waals surface area contributed by atoms with Gasteiger partial charge in [0.15, 0.2) is 5.96 Å². The summed E-state index contributed by atoms with van der Waals surface area (Å²) in [5.41, 5.74) is 1.00. The predicted molar refractivity (Wildman–Crippen MR) is 105 cm³/mol. The van der Waals surface area contributed by atoms with Crippen molar-refractivity contribution in [2.24, 2.45) is 12.0 Å². The second-order valence-corrected chi connectivity index (χ2v) is 5.36. The van der Waals surface area contributed by atoms with Crippen LogP contribution in [0.4, 0.5) is 0 Å². The van der Waals surface area contributed by atoms with E-state index in [1.807, 2.05) is 24.6 Å². The molecule has 0 saturated carbocycles. The fourth-order valence-corrected chi connectivity index (χ4v) is 2.25. The van der Waals surface area contributed by atoms with Crippen molar-refractivity contribution in [3.05, 3.63) is 21.9 Å². The van der Waals surface area contributed by atoms with E-state index in [0.29, 0.717) is 16.7 Å². The molecule has 1 rings (SSSR count). The van der Waals surface area contributed by atoms with Crippen LogP contribution in [-0.4, -0.2) is 37.3 Å². The molecule has 1 heterocycles. The number of aliphatic imine (C=N–C) groups is 1. The second kappa shape index (κ2) is 12.3. The molecule has 128 valence electrons. The minimum absolute atomic E-state index is 0. The summed E-state index contributed by atoms with van der Waals surface area (Å²) < 4.78 is 7.15. The SMILES string of the molecule is CCOCCCCNC(=NC)NCc1cc(Cl)c(Cl)n1C.I. The van der Waals surface area contributed by atoms with Crippen LogP contribution in [0.25, 0.3) is 0 Å². The maximum absolute atomic E-state index is 6.04. The first-order valence-electron chi connectivity index (χ1n) is 7.12. The number of aromatic nitrogens is 1. The van der Waals surface area contributed by atoms with Crippen molar-refractivity contribution in [3.8, 4) is 0 Å². The first kappa shape index (κ1) is 21.8. The molecule has 0 radical (unpaired) electrons. The van der Waals surface area contributed by atoms with E-state index in [2.05, 4.69) is 15.6 Å². The lowest BCUT2D eigenvalue weighted by Gasteiger charge is -2.12. The summed E-state index contributed by atoms with van der Waals surface area (Å²) in [5.74, 6) is 0.764. The Hall–Kier alpha value is -0.180. The van der Waals surface area contributed by atoms with Crippen LogP contribution in [0.1, 0.15) is 25.5 Å². The van der Waals surface area contributed by atoms with Crippen molar-refractivity contribution in [1.29, 1.82) is 0 Å². The molecule has 5 nitrogen and oxygen atoms in total. The molecule has 0 unspecified atom stereocenters. The number of nitrogens with one attached hydrogen (secondary N) is 2. The highest BCUT2D eigenvalue weighted by Gasteiger charge is 2.09. The van der Waals surface area contributed by atoms with Gasteiger partial charge in [0, 0.05) is 39.5 Å². The highest BCUT2D eigenvalue weighted by Crippen LogP contribution is 2.24. The first-order valence-corrected chi connectivity index (χ1v) is 7.87. The Balaban J connectivity index is 0.00000441. The van der Waals surface area contributed by atoms with E-state index in [1.165, 1.54) is 0 Å². The van der Waals surface area contributed by atoms with E-state index >= 15 is 0 Å². The van der Waals surface area contributed by atoms with E-state index < -0.39 is 0 Å². The Bertz CT molecular complexity index is 466. The van der Waals surface area contributed by atoms with Gasteiger partial charge in [-0.25, -0.2) is 0 Å². The third-order valence-corrected chi connectivity index (χ3v) is 3.93. The summed E-state index contributed by atoms with van der Waals surface area (Å²) in [6.07, 6.45) is 2.09. The zero-order chi connectivity index (χ0) is 15.7. The number of hydrogen-bond donors (Lipinski definition) is 2. The Morgan fingerprint density at radius 2 is 2.05 bits per heavy atom. The van der Waals surface area contributed by atoms with Crippen molar-refractivity contribution in [1.82, 2.24) is 15.2 Å². The van der Waals surface area contributed by atoms with E-state index in [1.54, 1.807) is 7.05 Å². The fraction of sp³-hybridized carbons (Fsp3) is 0.643. The van der Waals surface area contributed by atoms with Gasteiger partial charge in [0.05, 0.1) is 11.6 Å². The summed E-state index contributed by atoms with van der Waals surface area (Å²) in [4.78, 5) is 4.18. The minimum Gasteiger partial charge on any atom is -0.382 e. The summed E-state index contributed by atoms with van der Waals surface area (Å²) >= 11 is 12.0. The zero-order valence-electron chi connectivity index (χ0n) is 13.3. The van der Waals surface area contributed by atoms with E-state index in [-0.39, 0.29) is 24.0 Å². The summed E-state index contributed by atoms with van der Waals surface area (Å²) in [7, 11) is 3.63. The quantitative estimate of drug-likeness (QED) is 0.269. The van der Waals surface area contributed by atoms with Crippen molar-refractivity contribution in [3.63, 3.8) is 0 Å². The number of unbranched alkanes of at least 4 members (excludes halogenated alkanes) is 1. The Labute approximate surface area is 159 Å². The molecule has 1 aromatic heterocycles. The van der Waals surface area contributed by atoms with Gasteiger partial charge in [0.1, 0.15) is 5.15 Å². The highest BCUT2D eigenvalue weighted by molar-refractivity contribution is 14.0. The molecule has 2 N–H and O–H groups in total. The maximum atomic E-state index is 6.04. The summed E-state index contributed by atoms with van der Waals surface area (Å²) in [6.45, 7) is 5.07. The fourth-order valence-electron chi connectivity index (χ4n) is 1.83. The van der Waals surface area contributed by atoms with Crippen LogP contribution in [0.3, 0.4) is 0 Å². The second-order valence-electron chi connectivity index (χ2n) is 4.59. The molecule has 0 aliphatic rings. The molecule has 0 saturated heterocycles. The van der Waals surface area contributed by atoms with Gasteiger partial charge in [0.25, 0.3) is 0 Å². The molecule has 0 aliphatic heterocycles. The number of rotatable bonds is 8.